The average molecular weight is 358 g/mol. The first kappa shape index (κ1) is 16.7. The summed E-state index contributed by atoms with van der Waals surface area (Å²) in [6, 6.07) is 11.2. The third kappa shape index (κ3) is 3.62. The van der Waals surface area contributed by atoms with Gasteiger partial charge in [-0.05, 0) is 60.9 Å². The van der Waals surface area contributed by atoms with Gasteiger partial charge in [-0.2, -0.15) is 0 Å². The quantitative estimate of drug-likeness (QED) is 0.828. The molecule has 0 aliphatic carbocycles. The summed E-state index contributed by atoms with van der Waals surface area (Å²) in [5.41, 5.74) is 1.17. The number of thiophene rings is 1. The van der Waals surface area contributed by atoms with E-state index in [0.29, 0.717) is 12.0 Å². The van der Waals surface area contributed by atoms with Gasteiger partial charge in [-0.25, -0.2) is 4.39 Å². The lowest BCUT2D eigenvalue weighted by Gasteiger charge is -2.47. The van der Waals surface area contributed by atoms with Crippen LogP contribution in [-0.4, -0.2) is 41.4 Å². The smallest absolute Gasteiger partial charge is 0.263 e. The van der Waals surface area contributed by atoms with E-state index in [4.69, 9.17) is 0 Å². The van der Waals surface area contributed by atoms with Gasteiger partial charge in [-0.15, -0.1) is 11.3 Å². The fourth-order valence-corrected chi connectivity index (χ4v) is 4.96. The van der Waals surface area contributed by atoms with E-state index >= 15 is 0 Å². The van der Waals surface area contributed by atoms with E-state index < -0.39 is 0 Å². The number of likely N-dealkylation sites (tertiary alicyclic amines) is 2. The molecule has 0 spiro atoms. The SMILES string of the molecule is O=C(c1cccs1)N1CC[C@H]2[C@H](CCCN2Cc2ccc(F)cc2)C1. The van der Waals surface area contributed by atoms with Crippen molar-refractivity contribution in [2.75, 3.05) is 19.6 Å². The molecule has 5 heteroatoms. The third-order valence-corrected chi connectivity index (χ3v) is 6.36. The molecule has 0 radical (unpaired) electrons. The van der Waals surface area contributed by atoms with Gasteiger partial charge in [0.25, 0.3) is 5.91 Å². The molecular formula is C20H23FN2OS. The maximum absolute atomic E-state index is 13.1. The molecule has 25 heavy (non-hydrogen) atoms. The largest absolute Gasteiger partial charge is 0.338 e. The Labute approximate surface area is 152 Å². The lowest BCUT2D eigenvalue weighted by Crippen LogP contribution is -2.54. The fourth-order valence-electron chi connectivity index (χ4n) is 4.27. The van der Waals surface area contributed by atoms with Crippen LogP contribution in [0.3, 0.4) is 0 Å². The van der Waals surface area contributed by atoms with Gasteiger partial charge < -0.3 is 4.90 Å². The van der Waals surface area contributed by atoms with E-state index in [0.717, 1.165) is 37.5 Å². The third-order valence-electron chi connectivity index (χ3n) is 5.50. The Hall–Kier alpha value is -1.72. The second-order valence-electron chi connectivity index (χ2n) is 7.08. The number of fused-ring (bicyclic) bond motifs is 1. The lowest BCUT2D eigenvalue weighted by atomic mass is 9.83. The molecule has 1 aromatic carbocycles. The van der Waals surface area contributed by atoms with Gasteiger partial charge in [0, 0.05) is 25.7 Å². The van der Waals surface area contributed by atoms with Crippen molar-refractivity contribution in [3.8, 4) is 0 Å². The molecule has 2 aliphatic heterocycles. The highest BCUT2D eigenvalue weighted by molar-refractivity contribution is 7.12. The van der Waals surface area contributed by atoms with Crippen molar-refractivity contribution in [1.29, 1.82) is 0 Å². The van der Waals surface area contributed by atoms with Crippen molar-refractivity contribution in [2.24, 2.45) is 5.92 Å². The molecule has 3 nitrogen and oxygen atoms in total. The molecule has 0 bridgehead atoms. The second-order valence-corrected chi connectivity index (χ2v) is 8.03. The van der Waals surface area contributed by atoms with Gasteiger partial charge in [-0.1, -0.05) is 18.2 Å². The maximum Gasteiger partial charge on any atom is 0.263 e. The van der Waals surface area contributed by atoms with Crippen molar-refractivity contribution in [3.05, 3.63) is 58.0 Å². The molecule has 0 N–H and O–H groups in total. The summed E-state index contributed by atoms with van der Waals surface area (Å²) in [5.74, 6) is 0.552. The molecule has 2 saturated heterocycles. The molecule has 2 atom stereocenters. The molecule has 2 aliphatic rings. The van der Waals surface area contributed by atoms with Crippen LogP contribution in [0.1, 0.15) is 34.5 Å². The number of piperidine rings is 2. The van der Waals surface area contributed by atoms with Crippen molar-refractivity contribution in [1.82, 2.24) is 9.80 Å². The van der Waals surface area contributed by atoms with Crippen molar-refractivity contribution in [2.45, 2.75) is 31.8 Å². The summed E-state index contributed by atoms with van der Waals surface area (Å²) in [7, 11) is 0. The van der Waals surface area contributed by atoms with Crippen molar-refractivity contribution >= 4 is 17.2 Å². The highest BCUT2D eigenvalue weighted by atomic mass is 32.1. The van der Waals surface area contributed by atoms with E-state index in [1.54, 1.807) is 12.1 Å². The molecule has 0 unspecified atom stereocenters. The van der Waals surface area contributed by atoms with Crippen LogP contribution in [0, 0.1) is 11.7 Å². The number of carbonyl (C=O) groups excluding carboxylic acids is 1. The molecule has 2 fully saturated rings. The van der Waals surface area contributed by atoms with E-state index in [1.807, 2.05) is 34.5 Å². The second kappa shape index (κ2) is 7.26. The van der Waals surface area contributed by atoms with Gasteiger partial charge in [0.15, 0.2) is 0 Å². The number of carbonyl (C=O) groups is 1. The summed E-state index contributed by atoms with van der Waals surface area (Å²) in [5, 5.41) is 1.96. The standard InChI is InChI=1S/C20H23FN2OS/c21-17-7-5-15(6-8-17)13-22-10-1-3-16-14-23(11-9-18(16)22)20(24)19-4-2-12-25-19/h2,4-8,12,16,18H,1,3,9-11,13-14H2/t16-,18+/m1/s1. The zero-order chi connectivity index (χ0) is 17.2. The highest BCUT2D eigenvalue weighted by Gasteiger charge is 2.37. The number of hydrogen-bond acceptors (Lipinski definition) is 3. The van der Waals surface area contributed by atoms with Crippen molar-refractivity contribution < 1.29 is 9.18 Å². The number of nitrogens with zero attached hydrogens (tertiary/aromatic N) is 2. The predicted octanol–water partition coefficient (Wildman–Crippen LogP) is 4.01. The van der Waals surface area contributed by atoms with Crippen LogP contribution < -0.4 is 0 Å². The average Bonchev–Trinajstić information content (AvgIpc) is 3.17. The fraction of sp³-hybridized carbons (Fsp3) is 0.450. The van der Waals surface area contributed by atoms with Gasteiger partial charge in [0.1, 0.15) is 5.82 Å². The summed E-state index contributed by atoms with van der Waals surface area (Å²) < 4.78 is 13.1. The molecule has 0 saturated carbocycles. The maximum atomic E-state index is 13.1. The van der Waals surface area contributed by atoms with Gasteiger partial charge in [0.2, 0.25) is 0 Å². The zero-order valence-corrected chi connectivity index (χ0v) is 15.1. The predicted molar refractivity (Wildman–Crippen MR) is 98.2 cm³/mol. The first-order valence-electron chi connectivity index (χ1n) is 9.02. The Morgan fingerprint density at radius 1 is 1.16 bits per heavy atom. The van der Waals surface area contributed by atoms with Crippen LogP contribution in [0.4, 0.5) is 4.39 Å². The molecule has 1 amide bonds. The molecule has 2 aromatic rings. The monoisotopic (exact) mass is 358 g/mol. The number of halogens is 1. The summed E-state index contributed by atoms with van der Waals surface area (Å²) in [6.07, 6.45) is 3.39. The van der Waals surface area contributed by atoms with Gasteiger partial charge in [-0.3, -0.25) is 9.69 Å². The van der Waals surface area contributed by atoms with Crippen LogP contribution in [0.2, 0.25) is 0 Å². The minimum atomic E-state index is -0.180. The normalized spacial score (nSPS) is 24.1. The van der Waals surface area contributed by atoms with Crippen LogP contribution >= 0.6 is 11.3 Å². The minimum absolute atomic E-state index is 0.180. The lowest BCUT2D eigenvalue weighted by molar-refractivity contribution is 0.0177. The number of hydrogen-bond donors (Lipinski definition) is 0. The Morgan fingerprint density at radius 3 is 2.76 bits per heavy atom. The topological polar surface area (TPSA) is 23.6 Å². The highest BCUT2D eigenvalue weighted by Crippen LogP contribution is 2.32. The molecule has 1 aromatic heterocycles. The number of rotatable bonds is 3. The van der Waals surface area contributed by atoms with Gasteiger partial charge >= 0.3 is 0 Å². The Balaban J connectivity index is 1.42. The van der Waals surface area contributed by atoms with E-state index in [9.17, 15) is 9.18 Å². The summed E-state index contributed by atoms with van der Waals surface area (Å²) >= 11 is 1.53. The van der Waals surface area contributed by atoms with Crippen LogP contribution in [-0.2, 0) is 6.54 Å². The van der Waals surface area contributed by atoms with Crippen LogP contribution in [0.5, 0.6) is 0 Å². The Bertz CT molecular complexity index is 716. The molecule has 132 valence electrons. The molecule has 4 rings (SSSR count). The van der Waals surface area contributed by atoms with E-state index in [2.05, 4.69) is 4.90 Å². The first-order valence-corrected chi connectivity index (χ1v) is 9.90. The van der Waals surface area contributed by atoms with Crippen LogP contribution in [0.15, 0.2) is 41.8 Å². The van der Waals surface area contributed by atoms with E-state index in [-0.39, 0.29) is 11.7 Å². The van der Waals surface area contributed by atoms with Crippen molar-refractivity contribution in [3.63, 3.8) is 0 Å². The summed E-state index contributed by atoms with van der Waals surface area (Å²) in [4.78, 5) is 18.0. The first-order chi connectivity index (χ1) is 12.2. The minimum Gasteiger partial charge on any atom is -0.338 e. The van der Waals surface area contributed by atoms with Gasteiger partial charge in [0.05, 0.1) is 4.88 Å². The molecular weight excluding hydrogens is 335 g/mol. The number of benzene rings is 1. The van der Waals surface area contributed by atoms with Crippen LogP contribution in [0.25, 0.3) is 0 Å². The Morgan fingerprint density at radius 2 is 2.00 bits per heavy atom. The zero-order valence-electron chi connectivity index (χ0n) is 14.2. The number of amides is 1. The molecule has 3 heterocycles. The Kier molecular flexibility index (Phi) is 4.86. The summed E-state index contributed by atoms with van der Waals surface area (Å²) in [6.45, 7) is 3.66. The van der Waals surface area contributed by atoms with E-state index in [1.165, 1.54) is 29.7 Å².